The van der Waals surface area contributed by atoms with Crippen LogP contribution in [0.25, 0.3) is 10.7 Å². The summed E-state index contributed by atoms with van der Waals surface area (Å²) in [6.45, 7) is 1.91. The van der Waals surface area contributed by atoms with Gasteiger partial charge in [0, 0.05) is 38.9 Å². The molecule has 0 N–H and O–H groups in total. The molecule has 1 amide bonds. The van der Waals surface area contributed by atoms with Gasteiger partial charge in [-0.1, -0.05) is 23.9 Å². The molecule has 4 rings (SSSR count). The number of alkyl halides is 3. The van der Waals surface area contributed by atoms with Crippen LogP contribution >= 0.6 is 23.1 Å². The van der Waals surface area contributed by atoms with E-state index in [1.165, 1.54) is 17.8 Å². The summed E-state index contributed by atoms with van der Waals surface area (Å²) in [5.74, 6) is 0.981. The molecule has 0 bridgehead atoms. The van der Waals surface area contributed by atoms with Gasteiger partial charge in [0.2, 0.25) is 5.91 Å². The lowest BCUT2D eigenvalue weighted by molar-refractivity contribution is -0.137. The molecule has 11 heteroatoms. The molecule has 31 heavy (non-hydrogen) atoms. The van der Waals surface area contributed by atoms with Crippen molar-refractivity contribution < 1.29 is 18.0 Å². The van der Waals surface area contributed by atoms with Crippen molar-refractivity contribution in [2.45, 2.75) is 11.3 Å². The average molecular weight is 468 g/mol. The Hall–Kier alpha value is -2.53. The van der Waals surface area contributed by atoms with Crippen LogP contribution in [0.15, 0.2) is 46.9 Å². The third kappa shape index (κ3) is 4.87. The first-order valence-corrected chi connectivity index (χ1v) is 11.5. The highest BCUT2D eigenvalue weighted by atomic mass is 32.2. The maximum Gasteiger partial charge on any atom is 0.416 e. The zero-order valence-electron chi connectivity index (χ0n) is 16.7. The molecule has 164 valence electrons. The Kier molecular flexibility index (Phi) is 6.24. The van der Waals surface area contributed by atoms with Crippen LogP contribution in [0.5, 0.6) is 0 Å². The number of hydrogen-bond acceptors (Lipinski definition) is 6. The van der Waals surface area contributed by atoms with Crippen LogP contribution in [0.2, 0.25) is 0 Å². The largest absolute Gasteiger partial charge is 0.416 e. The van der Waals surface area contributed by atoms with Gasteiger partial charge in [0.15, 0.2) is 11.0 Å². The molecule has 0 unspecified atom stereocenters. The van der Waals surface area contributed by atoms with E-state index in [4.69, 9.17) is 0 Å². The van der Waals surface area contributed by atoms with E-state index >= 15 is 0 Å². The van der Waals surface area contributed by atoms with Crippen molar-refractivity contribution in [1.82, 2.24) is 19.7 Å². The Morgan fingerprint density at radius 3 is 2.58 bits per heavy atom. The van der Waals surface area contributed by atoms with Gasteiger partial charge in [0.1, 0.15) is 0 Å². The topological polar surface area (TPSA) is 54.3 Å². The lowest BCUT2D eigenvalue weighted by Gasteiger charge is -2.36. The fourth-order valence-electron chi connectivity index (χ4n) is 3.37. The first kappa shape index (κ1) is 21.7. The SMILES string of the molecule is Cn1c(SCC(=O)N2CCN(c3cccc(C(F)(F)F)c3)CC2)nnc1-c1cccs1. The number of rotatable bonds is 5. The first-order chi connectivity index (χ1) is 14.8. The molecular formula is C20H20F3N5OS2. The summed E-state index contributed by atoms with van der Waals surface area (Å²) in [6.07, 6.45) is -4.37. The highest BCUT2D eigenvalue weighted by Gasteiger charge is 2.31. The van der Waals surface area contributed by atoms with Gasteiger partial charge in [-0.15, -0.1) is 21.5 Å². The monoisotopic (exact) mass is 467 g/mol. The van der Waals surface area contributed by atoms with Crippen molar-refractivity contribution in [3.63, 3.8) is 0 Å². The number of piperazine rings is 1. The van der Waals surface area contributed by atoms with Crippen LogP contribution in [0.1, 0.15) is 5.56 Å². The number of anilines is 1. The summed E-state index contributed by atoms with van der Waals surface area (Å²) in [5, 5.41) is 11.0. The Balaban J connectivity index is 1.31. The standard InChI is InChI=1S/C20H20F3N5OS2/c1-26-18(16-6-3-11-30-16)24-25-19(26)31-13-17(29)28-9-7-27(8-10-28)15-5-2-4-14(12-15)20(21,22)23/h2-6,11-12H,7-10,13H2,1H3. The number of benzene rings is 1. The number of hydrogen-bond donors (Lipinski definition) is 0. The van der Waals surface area contributed by atoms with E-state index in [1.807, 2.05) is 34.0 Å². The molecule has 0 aliphatic carbocycles. The molecule has 0 atom stereocenters. The van der Waals surface area contributed by atoms with Gasteiger partial charge >= 0.3 is 6.18 Å². The first-order valence-electron chi connectivity index (χ1n) is 9.59. The summed E-state index contributed by atoms with van der Waals surface area (Å²) in [4.78, 5) is 17.3. The number of nitrogens with zero attached hydrogens (tertiary/aromatic N) is 5. The predicted octanol–water partition coefficient (Wildman–Crippen LogP) is 4.00. The minimum atomic E-state index is -4.37. The Bertz CT molecular complexity index is 1040. The van der Waals surface area contributed by atoms with Crippen molar-refractivity contribution in [3.8, 4) is 10.7 Å². The highest BCUT2D eigenvalue weighted by molar-refractivity contribution is 7.99. The van der Waals surface area contributed by atoms with Crippen LogP contribution in [0.3, 0.4) is 0 Å². The van der Waals surface area contributed by atoms with Crippen LogP contribution in [-0.2, 0) is 18.0 Å². The molecule has 1 aliphatic rings. The Labute approximate surface area is 185 Å². The lowest BCUT2D eigenvalue weighted by Crippen LogP contribution is -2.49. The average Bonchev–Trinajstić information content (AvgIpc) is 3.41. The normalized spacial score (nSPS) is 14.8. The number of thioether (sulfide) groups is 1. The Morgan fingerprint density at radius 1 is 1.13 bits per heavy atom. The van der Waals surface area contributed by atoms with Crippen molar-refractivity contribution in [1.29, 1.82) is 0 Å². The summed E-state index contributed by atoms with van der Waals surface area (Å²) in [5.41, 5.74) is -0.137. The summed E-state index contributed by atoms with van der Waals surface area (Å²) >= 11 is 2.91. The second kappa shape index (κ2) is 8.91. The van der Waals surface area contributed by atoms with Crippen molar-refractivity contribution in [3.05, 3.63) is 47.3 Å². The van der Waals surface area contributed by atoms with Gasteiger partial charge in [-0.05, 0) is 29.6 Å². The smallest absolute Gasteiger partial charge is 0.368 e. The number of aromatic nitrogens is 3. The molecule has 1 aliphatic heterocycles. The van der Waals surface area contributed by atoms with Crippen LogP contribution in [0.4, 0.5) is 18.9 Å². The fourth-order valence-corrected chi connectivity index (χ4v) is 4.93. The molecular weight excluding hydrogens is 447 g/mol. The molecule has 0 spiro atoms. The summed E-state index contributed by atoms with van der Waals surface area (Å²) < 4.78 is 40.7. The summed E-state index contributed by atoms with van der Waals surface area (Å²) in [6, 6.07) is 9.23. The zero-order chi connectivity index (χ0) is 22.0. The lowest BCUT2D eigenvalue weighted by atomic mass is 10.1. The van der Waals surface area contributed by atoms with Gasteiger partial charge in [-0.2, -0.15) is 13.2 Å². The van der Waals surface area contributed by atoms with E-state index in [9.17, 15) is 18.0 Å². The number of halogens is 3. The summed E-state index contributed by atoms with van der Waals surface area (Å²) in [7, 11) is 1.87. The molecule has 1 fully saturated rings. The van der Waals surface area contributed by atoms with Crippen LogP contribution in [0, 0.1) is 0 Å². The van der Waals surface area contributed by atoms with E-state index in [0.29, 0.717) is 37.0 Å². The number of amides is 1. The van der Waals surface area contributed by atoms with E-state index in [2.05, 4.69) is 10.2 Å². The Morgan fingerprint density at radius 2 is 1.90 bits per heavy atom. The molecule has 0 saturated carbocycles. The minimum Gasteiger partial charge on any atom is -0.368 e. The number of thiophene rings is 1. The fraction of sp³-hybridized carbons (Fsp3) is 0.350. The quantitative estimate of drug-likeness (QED) is 0.531. The molecule has 1 saturated heterocycles. The molecule has 2 aromatic heterocycles. The van der Waals surface area contributed by atoms with Crippen molar-refractivity contribution in [2.75, 3.05) is 36.8 Å². The third-order valence-electron chi connectivity index (χ3n) is 5.07. The molecule has 3 aromatic rings. The number of carbonyl (C=O) groups excluding carboxylic acids is 1. The van der Waals surface area contributed by atoms with Gasteiger partial charge in [0.05, 0.1) is 16.2 Å². The highest BCUT2D eigenvalue weighted by Crippen LogP contribution is 2.32. The third-order valence-corrected chi connectivity index (χ3v) is 6.94. The maximum atomic E-state index is 13.0. The molecule has 3 heterocycles. The zero-order valence-corrected chi connectivity index (χ0v) is 18.3. The van der Waals surface area contributed by atoms with Gasteiger partial charge < -0.3 is 14.4 Å². The van der Waals surface area contributed by atoms with E-state index < -0.39 is 11.7 Å². The minimum absolute atomic E-state index is 0.0191. The second-order valence-electron chi connectivity index (χ2n) is 7.05. The van der Waals surface area contributed by atoms with Crippen molar-refractivity contribution in [2.24, 2.45) is 7.05 Å². The second-order valence-corrected chi connectivity index (χ2v) is 8.94. The van der Waals surface area contributed by atoms with Gasteiger partial charge in [-0.3, -0.25) is 4.79 Å². The molecule has 0 radical (unpaired) electrons. The van der Waals surface area contributed by atoms with Crippen LogP contribution in [-0.4, -0.2) is 57.5 Å². The van der Waals surface area contributed by atoms with Crippen molar-refractivity contribution >= 4 is 34.7 Å². The van der Waals surface area contributed by atoms with Gasteiger partial charge in [0.25, 0.3) is 0 Å². The predicted molar refractivity (Wildman–Crippen MR) is 115 cm³/mol. The van der Waals surface area contributed by atoms with E-state index in [0.717, 1.165) is 22.8 Å². The van der Waals surface area contributed by atoms with E-state index in [-0.39, 0.29) is 11.7 Å². The van der Waals surface area contributed by atoms with Gasteiger partial charge in [-0.25, -0.2) is 0 Å². The molecule has 6 nitrogen and oxygen atoms in total. The van der Waals surface area contributed by atoms with Crippen LogP contribution < -0.4 is 4.90 Å². The maximum absolute atomic E-state index is 13.0. The molecule has 1 aromatic carbocycles. The van der Waals surface area contributed by atoms with E-state index in [1.54, 1.807) is 22.3 Å². The number of carbonyl (C=O) groups is 1.